The highest BCUT2D eigenvalue weighted by atomic mass is 35.5. The maximum Gasteiger partial charge on any atom is 0.265 e. The lowest BCUT2D eigenvalue weighted by Gasteiger charge is -2.23. The zero-order valence-corrected chi connectivity index (χ0v) is 20.7. The lowest BCUT2D eigenvalue weighted by molar-refractivity contribution is 0.457. The summed E-state index contributed by atoms with van der Waals surface area (Å²) in [5, 5.41) is 0.465. The van der Waals surface area contributed by atoms with Gasteiger partial charge >= 0.3 is 0 Å². The molecule has 0 N–H and O–H groups in total. The Morgan fingerprint density at radius 2 is 1.68 bits per heavy atom. The van der Waals surface area contributed by atoms with Gasteiger partial charge in [-0.1, -0.05) is 29.3 Å². The van der Waals surface area contributed by atoms with Gasteiger partial charge in [0, 0.05) is 37.4 Å². The fourth-order valence-corrected chi connectivity index (χ4v) is 5.00. The second-order valence-corrected chi connectivity index (χ2v) is 10.3. The number of ether oxygens (including phenoxy) is 1. The standard InChI is InChI=1S/C25H23ClN4O3S/c1-16-10-17(2)24(18(3)11-16)33-25-23(30(4)34(31,32)21-6-5-9-27-15-21)8-7-22(29-25)19-12-20(26)14-28-13-19/h5-15H,1-4H3. The summed E-state index contributed by atoms with van der Waals surface area (Å²) in [5.74, 6) is 0.760. The smallest absolute Gasteiger partial charge is 0.265 e. The molecule has 9 heteroatoms. The van der Waals surface area contributed by atoms with E-state index in [1.165, 1.54) is 31.7 Å². The zero-order chi connectivity index (χ0) is 24.5. The molecule has 1 aromatic carbocycles. The van der Waals surface area contributed by atoms with Crippen LogP contribution in [0.1, 0.15) is 16.7 Å². The highest BCUT2D eigenvalue weighted by molar-refractivity contribution is 7.92. The summed E-state index contributed by atoms with van der Waals surface area (Å²) in [6.07, 6.45) is 5.99. The molecule has 0 bridgehead atoms. The second-order valence-electron chi connectivity index (χ2n) is 7.90. The number of nitrogens with zero attached hydrogens (tertiary/aromatic N) is 4. The summed E-state index contributed by atoms with van der Waals surface area (Å²) in [6, 6.07) is 12.2. The Bertz CT molecular complexity index is 1440. The summed E-state index contributed by atoms with van der Waals surface area (Å²) >= 11 is 6.12. The number of aryl methyl sites for hydroxylation is 3. The van der Waals surface area contributed by atoms with Crippen molar-refractivity contribution in [2.75, 3.05) is 11.4 Å². The average molecular weight is 495 g/mol. The average Bonchev–Trinajstić information content (AvgIpc) is 2.81. The van der Waals surface area contributed by atoms with Gasteiger partial charge in [-0.15, -0.1) is 0 Å². The van der Waals surface area contributed by atoms with E-state index in [1.807, 2.05) is 32.9 Å². The van der Waals surface area contributed by atoms with E-state index in [0.29, 0.717) is 22.0 Å². The molecule has 0 saturated carbocycles. The van der Waals surface area contributed by atoms with Crippen LogP contribution in [0.25, 0.3) is 11.3 Å². The Kier molecular flexibility index (Phi) is 6.54. The third kappa shape index (κ3) is 4.73. The van der Waals surface area contributed by atoms with Crippen molar-refractivity contribution in [3.05, 3.63) is 89.0 Å². The monoisotopic (exact) mass is 494 g/mol. The van der Waals surface area contributed by atoms with Crippen LogP contribution < -0.4 is 9.04 Å². The summed E-state index contributed by atoms with van der Waals surface area (Å²) in [5.41, 5.74) is 4.44. The van der Waals surface area contributed by atoms with Crippen LogP contribution in [-0.4, -0.2) is 30.4 Å². The van der Waals surface area contributed by atoms with Crippen LogP contribution in [0.2, 0.25) is 5.02 Å². The molecule has 34 heavy (non-hydrogen) atoms. The van der Waals surface area contributed by atoms with E-state index in [2.05, 4.69) is 15.0 Å². The van der Waals surface area contributed by atoms with Crippen molar-refractivity contribution in [3.8, 4) is 22.9 Å². The van der Waals surface area contributed by atoms with E-state index in [9.17, 15) is 8.42 Å². The first-order chi connectivity index (χ1) is 16.2. The van der Waals surface area contributed by atoms with E-state index < -0.39 is 10.0 Å². The summed E-state index contributed by atoms with van der Waals surface area (Å²) in [4.78, 5) is 12.8. The SMILES string of the molecule is Cc1cc(C)c(Oc2nc(-c3cncc(Cl)c3)ccc2N(C)S(=O)(=O)c2cccnc2)c(C)c1. The first-order valence-corrected chi connectivity index (χ1v) is 12.3. The second kappa shape index (κ2) is 9.40. The van der Waals surface area contributed by atoms with E-state index in [-0.39, 0.29) is 16.5 Å². The van der Waals surface area contributed by atoms with Gasteiger partial charge in [-0.25, -0.2) is 13.4 Å². The van der Waals surface area contributed by atoms with Gasteiger partial charge in [-0.3, -0.25) is 14.3 Å². The van der Waals surface area contributed by atoms with Crippen LogP contribution in [-0.2, 0) is 10.0 Å². The van der Waals surface area contributed by atoms with Crippen molar-refractivity contribution in [1.29, 1.82) is 0 Å². The Balaban J connectivity index is 1.86. The van der Waals surface area contributed by atoms with Crippen molar-refractivity contribution in [2.24, 2.45) is 0 Å². The predicted octanol–water partition coefficient (Wildman–Crippen LogP) is 5.73. The molecule has 0 saturated heterocycles. The van der Waals surface area contributed by atoms with Gasteiger partial charge in [-0.05, 0) is 62.2 Å². The maximum absolute atomic E-state index is 13.3. The third-order valence-electron chi connectivity index (χ3n) is 5.28. The Morgan fingerprint density at radius 3 is 2.32 bits per heavy atom. The van der Waals surface area contributed by atoms with Gasteiger partial charge in [0.05, 0.1) is 10.7 Å². The molecular weight excluding hydrogens is 472 g/mol. The molecule has 0 amide bonds. The fraction of sp³-hybridized carbons (Fsp3) is 0.160. The molecule has 4 aromatic rings. The summed E-state index contributed by atoms with van der Waals surface area (Å²) in [7, 11) is -2.44. The zero-order valence-electron chi connectivity index (χ0n) is 19.2. The van der Waals surface area contributed by atoms with E-state index in [1.54, 1.807) is 30.5 Å². The van der Waals surface area contributed by atoms with E-state index in [0.717, 1.165) is 21.0 Å². The molecule has 0 radical (unpaired) electrons. The summed E-state index contributed by atoms with van der Waals surface area (Å²) in [6.45, 7) is 5.89. The number of hydrogen-bond donors (Lipinski definition) is 0. The van der Waals surface area contributed by atoms with Crippen molar-refractivity contribution in [3.63, 3.8) is 0 Å². The van der Waals surface area contributed by atoms with Crippen LogP contribution in [0.15, 0.2) is 72.1 Å². The normalized spacial score (nSPS) is 11.3. The first-order valence-electron chi connectivity index (χ1n) is 10.4. The molecule has 0 aliphatic carbocycles. The number of hydrogen-bond acceptors (Lipinski definition) is 6. The maximum atomic E-state index is 13.3. The van der Waals surface area contributed by atoms with Crippen LogP contribution in [0.5, 0.6) is 11.6 Å². The van der Waals surface area contributed by atoms with Gasteiger partial charge in [0.25, 0.3) is 10.0 Å². The first kappa shape index (κ1) is 23.7. The Labute approximate surface area is 204 Å². The topological polar surface area (TPSA) is 85.3 Å². The number of sulfonamides is 1. The van der Waals surface area contributed by atoms with Gasteiger partial charge < -0.3 is 4.74 Å². The van der Waals surface area contributed by atoms with Crippen molar-refractivity contribution in [1.82, 2.24) is 15.0 Å². The summed E-state index contributed by atoms with van der Waals surface area (Å²) < 4.78 is 34.0. The van der Waals surface area contributed by atoms with Gasteiger partial charge in [-0.2, -0.15) is 0 Å². The molecule has 3 heterocycles. The molecular formula is C25H23ClN4O3S. The minimum absolute atomic E-state index is 0.0641. The molecule has 174 valence electrons. The molecule has 0 unspecified atom stereocenters. The van der Waals surface area contributed by atoms with Crippen LogP contribution in [0.3, 0.4) is 0 Å². The number of rotatable bonds is 6. The lowest BCUT2D eigenvalue weighted by atomic mass is 10.1. The molecule has 4 rings (SSSR count). The molecule has 0 aliphatic heterocycles. The molecule has 0 atom stereocenters. The fourth-order valence-electron chi connectivity index (χ4n) is 3.67. The Hall–Kier alpha value is -3.49. The number of pyridine rings is 3. The molecule has 0 aliphatic rings. The van der Waals surface area contributed by atoms with Crippen molar-refractivity contribution >= 4 is 27.3 Å². The number of halogens is 1. The molecule has 0 spiro atoms. The number of aromatic nitrogens is 3. The Morgan fingerprint density at radius 1 is 0.941 bits per heavy atom. The quantitative estimate of drug-likeness (QED) is 0.340. The van der Waals surface area contributed by atoms with Crippen LogP contribution in [0.4, 0.5) is 5.69 Å². The highest BCUT2D eigenvalue weighted by Crippen LogP contribution is 2.37. The highest BCUT2D eigenvalue weighted by Gasteiger charge is 2.26. The van der Waals surface area contributed by atoms with Gasteiger partial charge in [0.2, 0.25) is 5.88 Å². The van der Waals surface area contributed by atoms with Crippen LogP contribution >= 0.6 is 11.6 Å². The number of anilines is 1. The van der Waals surface area contributed by atoms with Crippen molar-refractivity contribution < 1.29 is 13.2 Å². The molecule has 0 fully saturated rings. The van der Waals surface area contributed by atoms with E-state index >= 15 is 0 Å². The minimum Gasteiger partial charge on any atom is -0.436 e. The van der Waals surface area contributed by atoms with Gasteiger partial charge in [0.1, 0.15) is 16.3 Å². The lowest BCUT2D eigenvalue weighted by Crippen LogP contribution is -2.27. The van der Waals surface area contributed by atoms with Gasteiger partial charge in [0.15, 0.2) is 0 Å². The largest absolute Gasteiger partial charge is 0.436 e. The van der Waals surface area contributed by atoms with Crippen molar-refractivity contribution in [2.45, 2.75) is 25.7 Å². The molecule has 7 nitrogen and oxygen atoms in total. The molecule has 3 aromatic heterocycles. The third-order valence-corrected chi connectivity index (χ3v) is 7.24. The van der Waals surface area contributed by atoms with Crippen LogP contribution in [0, 0.1) is 20.8 Å². The minimum atomic E-state index is -3.90. The van der Waals surface area contributed by atoms with E-state index in [4.69, 9.17) is 16.3 Å². The number of benzene rings is 1. The predicted molar refractivity (Wildman–Crippen MR) is 133 cm³/mol.